The number of carbonyl (C=O) groups excluding carboxylic acids is 1. The summed E-state index contributed by atoms with van der Waals surface area (Å²) in [6, 6.07) is -1.17. The van der Waals surface area contributed by atoms with Crippen LogP contribution in [0.3, 0.4) is 0 Å². The van der Waals surface area contributed by atoms with Gasteiger partial charge in [0.15, 0.2) is 6.29 Å². The molecule has 1 amide bonds. The number of nitrogens with one attached hydrogen (secondary N) is 1. The van der Waals surface area contributed by atoms with Crippen molar-refractivity contribution in [3.63, 3.8) is 0 Å². The molecule has 17 heavy (non-hydrogen) atoms. The van der Waals surface area contributed by atoms with Gasteiger partial charge in [-0.15, -0.1) is 0 Å². The number of hydrogen-bond acceptors (Lipinski definition) is 6. The van der Waals surface area contributed by atoms with E-state index in [4.69, 9.17) is 9.84 Å². The summed E-state index contributed by atoms with van der Waals surface area (Å²) >= 11 is 0. The molecule has 1 rings (SSSR count). The molecule has 0 aromatic rings. The van der Waals surface area contributed by atoms with Crippen LogP contribution < -0.4 is 5.32 Å². The van der Waals surface area contributed by atoms with Crippen LogP contribution in [0.15, 0.2) is 12.2 Å². The van der Waals surface area contributed by atoms with Crippen LogP contribution in [0.2, 0.25) is 0 Å². The third-order valence-corrected chi connectivity index (χ3v) is 2.59. The maximum Gasteiger partial charge on any atom is 0.246 e. The smallest absolute Gasteiger partial charge is 0.246 e. The molecule has 5 N–H and O–H groups in total. The highest BCUT2D eigenvalue weighted by Crippen LogP contribution is 2.19. The van der Waals surface area contributed by atoms with Gasteiger partial charge in [-0.25, -0.2) is 0 Å². The molecule has 0 aliphatic carbocycles. The Bertz CT molecular complexity index is 307. The minimum atomic E-state index is -1.51. The van der Waals surface area contributed by atoms with Crippen molar-refractivity contribution in [1.29, 1.82) is 0 Å². The minimum Gasteiger partial charge on any atom is -0.394 e. The lowest BCUT2D eigenvalue weighted by molar-refractivity contribution is -0.253. The lowest BCUT2D eigenvalue weighted by atomic mass is 9.97. The second-order valence-corrected chi connectivity index (χ2v) is 4.01. The topological polar surface area (TPSA) is 119 Å². The summed E-state index contributed by atoms with van der Waals surface area (Å²) in [5.74, 6) is -0.564. The Morgan fingerprint density at radius 2 is 1.94 bits per heavy atom. The van der Waals surface area contributed by atoms with Crippen molar-refractivity contribution in [3.05, 3.63) is 12.2 Å². The molecule has 0 spiro atoms. The van der Waals surface area contributed by atoms with Crippen LogP contribution in [-0.4, -0.2) is 63.6 Å². The van der Waals surface area contributed by atoms with Gasteiger partial charge in [-0.2, -0.15) is 0 Å². The molecule has 1 aliphatic heterocycles. The zero-order valence-electron chi connectivity index (χ0n) is 9.41. The Morgan fingerprint density at radius 3 is 2.41 bits per heavy atom. The predicted molar refractivity (Wildman–Crippen MR) is 56.7 cm³/mol. The van der Waals surface area contributed by atoms with Gasteiger partial charge >= 0.3 is 0 Å². The van der Waals surface area contributed by atoms with E-state index in [1.165, 1.54) is 6.92 Å². The Balaban J connectivity index is 2.73. The van der Waals surface area contributed by atoms with Gasteiger partial charge in [-0.3, -0.25) is 4.79 Å². The van der Waals surface area contributed by atoms with Crippen LogP contribution in [0, 0.1) is 0 Å². The molecule has 5 atom stereocenters. The third-order valence-electron chi connectivity index (χ3n) is 2.59. The summed E-state index contributed by atoms with van der Waals surface area (Å²) in [5, 5.41) is 39.9. The number of ether oxygens (including phenoxy) is 1. The molecule has 1 saturated heterocycles. The van der Waals surface area contributed by atoms with Gasteiger partial charge in [0.2, 0.25) is 5.91 Å². The molecule has 98 valence electrons. The van der Waals surface area contributed by atoms with Gasteiger partial charge < -0.3 is 30.5 Å². The van der Waals surface area contributed by atoms with Crippen molar-refractivity contribution < 1.29 is 30.0 Å². The van der Waals surface area contributed by atoms with E-state index in [9.17, 15) is 20.1 Å². The first-order chi connectivity index (χ1) is 7.88. The van der Waals surface area contributed by atoms with Crippen molar-refractivity contribution in [1.82, 2.24) is 5.32 Å². The fraction of sp³-hybridized carbons (Fsp3) is 0.700. The third kappa shape index (κ3) is 3.02. The van der Waals surface area contributed by atoms with E-state index in [1.54, 1.807) is 0 Å². The van der Waals surface area contributed by atoms with Crippen LogP contribution in [0.4, 0.5) is 0 Å². The fourth-order valence-electron chi connectivity index (χ4n) is 1.53. The van der Waals surface area contributed by atoms with Crippen molar-refractivity contribution in [2.45, 2.75) is 37.6 Å². The van der Waals surface area contributed by atoms with E-state index in [-0.39, 0.29) is 5.57 Å². The highest BCUT2D eigenvalue weighted by molar-refractivity contribution is 5.92. The van der Waals surface area contributed by atoms with Crippen molar-refractivity contribution in [2.24, 2.45) is 0 Å². The molecule has 1 heterocycles. The van der Waals surface area contributed by atoms with E-state index >= 15 is 0 Å². The number of aliphatic hydroxyl groups is 4. The molecule has 0 saturated carbocycles. The molecule has 0 unspecified atom stereocenters. The SMILES string of the molecule is C=C(C)C(=O)N[C@@H]1[C@@H](O)[C@H](O)[C@@H](CO)O[C@H]1O. The maximum atomic E-state index is 11.3. The van der Waals surface area contributed by atoms with Crippen LogP contribution in [-0.2, 0) is 9.53 Å². The van der Waals surface area contributed by atoms with Gasteiger partial charge in [-0.1, -0.05) is 6.58 Å². The summed E-state index contributed by atoms with van der Waals surface area (Å²) in [6.07, 6.45) is -5.41. The number of rotatable bonds is 3. The summed E-state index contributed by atoms with van der Waals surface area (Å²) in [5.41, 5.74) is 0.197. The normalized spacial score (nSPS) is 37.6. The second kappa shape index (κ2) is 5.56. The average molecular weight is 247 g/mol. The van der Waals surface area contributed by atoms with Crippen LogP contribution in [0.1, 0.15) is 6.92 Å². The Kier molecular flexibility index (Phi) is 4.61. The molecule has 7 nitrogen and oxygen atoms in total. The monoisotopic (exact) mass is 247 g/mol. The fourth-order valence-corrected chi connectivity index (χ4v) is 1.53. The van der Waals surface area contributed by atoms with E-state index in [1.807, 2.05) is 0 Å². The summed E-state index contributed by atoms with van der Waals surface area (Å²) in [7, 11) is 0. The molecule has 1 aliphatic rings. The Hall–Kier alpha value is -0.990. The Labute approximate surface area is 98.3 Å². The predicted octanol–water partition coefficient (Wildman–Crippen LogP) is -2.52. The first-order valence-electron chi connectivity index (χ1n) is 5.15. The summed E-state index contributed by atoms with van der Waals surface area (Å²) < 4.78 is 4.86. The molecular formula is C10H17NO6. The van der Waals surface area contributed by atoms with Crippen LogP contribution in [0.5, 0.6) is 0 Å². The molecule has 0 radical (unpaired) electrons. The lowest BCUT2D eigenvalue weighted by Crippen LogP contribution is -2.64. The maximum absolute atomic E-state index is 11.3. The van der Waals surface area contributed by atoms with Gasteiger partial charge in [-0.05, 0) is 6.92 Å². The highest BCUT2D eigenvalue weighted by Gasteiger charge is 2.44. The van der Waals surface area contributed by atoms with E-state index in [0.717, 1.165) is 0 Å². The highest BCUT2D eigenvalue weighted by atomic mass is 16.6. The Morgan fingerprint density at radius 1 is 1.35 bits per heavy atom. The molecule has 0 aromatic carbocycles. The summed E-state index contributed by atoms with van der Waals surface area (Å²) in [6.45, 7) is 4.32. The van der Waals surface area contributed by atoms with Crippen LogP contribution in [0.25, 0.3) is 0 Å². The second-order valence-electron chi connectivity index (χ2n) is 4.01. The van der Waals surface area contributed by atoms with Crippen LogP contribution >= 0.6 is 0 Å². The number of aliphatic hydroxyl groups excluding tert-OH is 4. The first kappa shape index (κ1) is 14.1. The van der Waals surface area contributed by atoms with E-state index in [0.29, 0.717) is 0 Å². The van der Waals surface area contributed by atoms with Crippen molar-refractivity contribution >= 4 is 5.91 Å². The van der Waals surface area contributed by atoms with Crippen molar-refractivity contribution in [2.75, 3.05) is 6.61 Å². The number of hydrogen-bond donors (Lipinski definition) is 5. The number of amides is 1. The summed E-state index contributed by atoms with van der Waals surface area (Å²) in [4.78, 5) is 11.3. The van der Waals surface area contributed by atoms with E-state index < -0.39 is 43.2 Å². The standard InChI is InChI=1S/C10H17NO6/c1-4(2)9(15)11-6-8(14)7(13)5(3-12)17-10(6)16/h5-8,10,12-14,16H,1,3H2,2H3,(H,11,15)/t5-,6-,7-,8-,10-/m1/s1. The first-order valence-corrected chi connectivity index (χ1v) is 5.15. The molecule has 1 fully saturated rings. The average Bonchev–Trinajstić information content (AvgIpc) is 2.28. The van der Waals surface area contributed by atoms with Gasteiger partial charge in [0.1, 0.15) is 24.4 Å². The minimum absolute atomic E-state index is 0.197. The number of carbonyl (C=O) groups is 1. The zero-order valence-corrected chi connectivity index (χ0v) is 9.41. The largest absolute Gasteiger partial charge is 0.394 e. The van der Waals surface area contributed by atoms with Gasteiger partial charge in [0, 0.05) is 5.57 Å². The van der Waals surface area contributed by atoms with E-state index in [2.05, 4.69) is 11.9 Å². The molecule has 0 aromatic heterocycles. The zero-order chi connectivity index (χ0) is 13.2. The van der Waals surface area contributed by atoms with Gasteiger partial charge in [0.05, 0.1) is 6.61 Å². The quantitative estimate of drug-likeness (QED) is 0.351. The molecular weight excluding hydrogens is 230 g/mol. The van der Waals surface area contributed by atoms with Gasteiger partial charge in [0.25, 0.3) is 0 Å². The van der Waals surface area contributed by atoms with Crippen molar-refractivity contribution in [3.8, 4) is 0 Å². The molecule has 0 bridgehead atoms. The lowest BCUT2D eigenvalue weighted by Gasteiger charge is -2.40. The molecule has 7 heteroatoms.